The molecule has 4 rings (SSSR count). The first-order valence-corrected chi connectivity index (χ1v) is 11.4. The Bertz CT molecular complexity index is 1240. The van der Waals surface area contributed by atoms with Gasteiger partial charge in [-0.15, -0.1) is 0 Å². The monoisotopic (exact) mass is 503 g/mol. The number of carboxylic acid groups (broad SMARTS) is 1. The second-order valence-electron chi connectivity index (χ2n) is 8.43. The fourth-order valence-electron chi connectivity index (χ4n) is 4.47. The van der Waals surface area contributed by atoms with Gasteiger partial charge in [-0.1, -0.05) is 17.7 Å². The van der Waals surface area contributed by atoms with Crippen LogP contribution in [0.15, 0.2) is 36.7 Å². The van der Waals surface area contributed by atoms with Gasteiger partial charge in [0.1, 0.15) is 23.4 Å². The zero-order valence-corrected chi connectivity index (χ0v) is 20.5. The van der Waals surface area contributed by atoms with Gasteiger partial charge in [0, 0.05) is 36.7 Å². The van der Waals surface area contributed by atoms with E-state index in [0.717, 1.165) is 5.56 Å². The first-order chi connectivity index (χ1) is 16.8. The third-order valence-corrected chi connectivity index (χ3v) is 6.88. The number of hydroxylamine groups is 2. The van der Waals surface area contributed by atoms with Crippen molar-refractivity contribution < 1.29 is 23.9 Å². The number of nitrogens with zero attached hydrogens (tertiary/aromatic N) is 4. The summed E-state index contributed by atoms with van der Waals surface area (Å²) in [6.07, 6.45) is 2.19. The summed E-state index contributed by atoms with van der Waals surface area (Å²) in [5, 5.41) is 15.5. The molecular weight excluding hydrogens is 477 g/mol. The maximum absolute atomic E-state index is 14.5. The summed E-state index contributed by atoms with van der Waals surface area (Å²) in [6.45, 7) is 1.32. The summed E-state index contributed by atoms with van der Waals surface area (Å²) >= 11 is 5.92. The minimum Gasteiger partial charge on any atom is -0.496 e. The predicted octanol–water partition coefficient (Wildman–Crippen LogP) is 4.09. The molecular formula is C24H27ClFN5O4. The highest BCUT2D eigenvalue weighted by atomic mass is 35.5. The Morgan fingerprint density at radius 3 is 2.69 bits per heavy atom. The van der Waals surface area contributed by atoms with Crippen LogP contribution >= 0.6 is 11.6 Å². The van der Waals surface area contributed by atoms with E-state index < -0.39 is 17.3 Å². The lowest BCUT2D eigenvalue weighted by Gasteiger charge is -2.43. The molecule has 3 aromatic rings. The Hall–Kier alpha value is -3.05. The minimum absolute atomic E-state index is 0.00386. The van der Waals surface area contributed by atoms with Gasteiger partial charge < -0.3 is 20.0 Å². The zero-order valence-electron chi connectivity index (χ0n) is 19.7. The van der Waals surface area contributed by atoms with Crippen molar-refractivity contribution in [3.8, 4) is 5.75 Å². The minimum atomic E-state index is -1.05. The summed E-state index contributed by atoms with van der Waals surface area (Å²) in [5.74, 6) is -0.500. The van der Waals surface area contributed by atoms with Gasteiger partial charge in [-0.05, 0) is 38.1 Å². The number of nitrogens with one attached hydrogen (secondary N) is 1. The summed E-state index contributed by atoms with van der Waals surface area (Å²) in [5.41, 5.74) is 0.477. The molecule has 9 nitrogen and oxygen atoms in total. The second-order valence-corrected chi connectivity index (χ2v) is 8.84. The number of halogens is 2. The van der Waals surface area contributed by atoms with Crippen molar-refractivity contribution in [1.82, 2.24) is 19.9 Å². The van der Waals surface area contributed by atoms with E-state index in [0.29, 0.717) is 54.9 Å². The van der Waals surface area contributed by atoms with Crippen LogP contribution in [0.25, 0.3) is 10.9 Å². The summed E-state index contributed by atoms with van der Waals surface area (Å²) in [4.78, 5) is 28.1. The smallest absolute Gasteiger partial charge is 0.324 e. The van der Waals surface area contributed by atoms with E-state index in [9.17, 15) is 14.3 Å². The number of rotatable bonds is 8. The van der Waals surface area contributed by atoms with E-state index in [1.54, 1.807) is 44.5 Å². The van der Waals surface area contributed by atoms with Gasteiger partial charge in [0.2, 0.25) is 0 Å². The predicted molar refractivity (Wildman–Crippen MR) is 130 cm³/mol. The maximum Gasteiger partial charge on any atom is 0.324 e. The summed E-state index contributed by atoms with van der Waals surface area (Å²) in [6, 6.07) is 8.28. The molecule has 1 aliphatic rings. The fourth-order valence-corrected chi connectivity index (χ4v) is 4.65. The highest BCUT2D eigenvalue weighted by Crippen LogP contribution is 2.35. The Labute approximate surface area is 207 Å². The number of methoxy groups -OCH3 is 1. The molecule has 1 saturated heterocycles. The van der Waals surface area contributed by atoms with E-state index in [-0.39, 0.29) is 10.7 Å². The standard InChI is InChI=1S/C24H27ClFN5O4/c1-30(24(23(32)33)7-9-31(35-3)10-8-24)13-15-11-16-19(12-20(15)34-2)27-14-28-22(16)29-18-6-4-5-17(25)21(18)26/h4-6,11-12,14H,7-10,13H2,1-3H3,(H,32,33)(H,27,28,29). The number of fused-ring (bicyclic) bond motifs is 1. The molecule has 1 aliphatic heterocycles. The van der Waals surface area contributed by atoms with Crippen molar-refractivity contribution in [3.05, 3.63) is 53.1 Å². The summed E-state index contributed by atoms with van der Waals surface area (Å²) in [7, 11) is 4.93. The number of carbonyl (C=O) groups is 1. The van der Waals surface area contributed by atoms with Gasteiger partial charge in [-0.3, -0.25) is 9.69 Å². The van der Waals surface area contributed by atoms with Crippen LogP contribution in [0.3, 0.4) is 0 Å². The molecule has 2 aromatic carbocycles. The topological polar surface area (TPSA) is 100 Å². The number of anilines is 2. The Morgan fingerprint density at radius 1 is 1.29 bits per heavy atom. The lowest BCUT2D eigenvalue weighted by Crippen LogP contribution is -2.58. The number of aliphatic carboxylic acids is 1. The lowest BCUT2D eigenvalue weighted by molar-refractivity contribution is -0.179. The molecule has 2 N–H and O–H groups in total. The molecule has 0 radical (unpaired) electrons. The number of hydrogen-bond donors (Lipinski definition) is 2. The first kappa shape index (κ1) is 25.1. The van der Waals surface area contributed by atoms with Crippen molar-refractivity contribution in [1.29, 1.82) is 0 Å². The number of likely N-dealkylation sites (N-methyl/N-ethyl adjacent to an activating group) is 1. The van der Waals surface area contributed by atoms with Crippen LogP contribution in [0.1, 0.15) is 18.4 Å². The molecule has 11 heteroatoms. The molecule has 0 aliphatic carbocycles. The Kier molecular flexibility index (Phi) is 7.36. The van der Waals surface area contributed by atoms with Crippen LogP contribution in [0.2, 0.25) is 5.02 Å². The van der Waals surface area contributed by atoms with Crippen molar-refractivity contribution in [2.24, 2.45) is 0 Å². The third kappa shape index (κ3) is 4.87. The molecule has 35 heavy (non-hydrogen) atoms. The van der Waals surface area contributed by atoms with E-state index in [1.165, 1.54) is 12.4 Å². The van der Waals surface area contributed by atoms with Crippen LogP contribution in [0.5, 0.6) is 5.75 Å². The van der Waals surface area contributed by atoms with Gasteiger partial charge in [-0.2, -0.15) is 5.06 Å². The molecule has 0 bridgehead atoms. The zero-order chi connectivity index (χ0) is 25.2. The third-order valence-electron chi connectivity index (χ3n) is 6.59. The SMILES string of the molecule is COc1cc2ncnc(Nc3cccc(Cl)c3F)c2cc1CN(C)C1(C(=O)O)CCN(OC)CC1. The van der Waals surface area contributed by atoms with E-state index in [2.05, 4.69) is 15.3 Å². The van der Waals surface area contributed by atoms with Crippen molar-refractivity contribution in [2.45, 2.75) is 24.9 Å². The lowest BCUT2D eigenvalue weighted by atomic mass is 9.86. The molecule has 0 amide bonds. The molecule has 1 fully saturated rings. The second kappa shape index (κ2) is 10.3. The maximum atomic E-state index is 14.5. The van der Waals surface area contributed by atoms with Crippen molar-refractivity contribution >= 4 is 40.0 Å². The number of hydrogen-bond acceptors (Lipinski definition) is 8. The fraction of sp³-hybridized carbons (Fsp3) is 0.375. The normalized spacial score (nSPS) is 15.9. The van der Waals surface area contributed by atoms with E-state index >= 15 is 0 Å². The van der Waals surface area contributed by atoms with E-state index in [4.69, 9.17) is 21.2 Å². The average Bonchev–Trinajstić information content (AvgIpc) is 2.86. The number of benzene rings is 2. The van der Waals surface area contributed by atoms with Gasteiger partial charge in [0.05, 0.1) is 30.4 Å². The quantitative estimate of drug-likeness (QED) is 0.470. The van der Waals surface area contributed by atoms with Crippen molar-refractivity contribution in [3.63, 3.8) is 0 Å². The van der Waals surface area contributed by atoms with Crippen LogP contribution < -0.4 is 10.1 Å². The van der Waals surface area contributed by atoms with Crippen LogP contribution in [0.4, 0.5) is 15.9 Å². The molecule has 0 spiro atoms. The number of piperidine rings is 1. The number of aromatic nitrogens is 2. The van der Waals surface area contributed by atoms with Crippen LogP contribution in [-0.4, -0.2) is 70.9 Å². The Balaban J connectivity index is 1.70. The summed E-state index contributed by atoms with van der Waals surface area (Å²) < 4.78 is 20.1. The van der Waals surface area contributed by atoms with Crippen molar-refractivity contribution in [2.75, 3.05) is 39.7 Å². The van der Waals surface area contributed by atoms with Crippen LogP contribution in [0, 0.1) is 5.82 Å². The largest absolute Gasteiger partial charge is 0.496 e. The highest BCUT2D eigenvalue weighted by Gasteiger charge is 2.45. The van der Waals surface area contributed by atoms with Gasteiger partial charge >= 0.3 is 5.97 Å². The molecule has 0 saturated carbocycles. The molecule has 1 aromatic heterocycles. The number of ether oxygens (including phenoxy) is 1. The van der Waals surface area contributed by atoms with Crippen LogP contribution in [-0.2, 0) is 16.2 Å². The van der Waals surface area contributed by atoms with Gasteiger partial charge in [-0.25, -0.2) is 14.4 Å². The first-order valence-electron chi connectivity index (χ1n) is 11.1. The molecule has 0 atom stereocenters. The van der Waals surface area contributed by atoms with Gasteiger partial charge in [0.25, 0.3) is 0 Å². The molecule has 186 valence electrons. The van der Waals surface area contributed by atoms with Gasteiger partial charge in [0.15, 0.2) is 5.82 Å². The van der Waals surface area contributed by atoms with E-state index in [1.807, 2.05) is 11.0 Å². The molecule has 2 heterocycles. The number of carboxylic acids is 1. The highest BCUT2D eigenvalue weighted by molar-refractivity contribution is 6.31. The average molecular weight is 504 g/mol. The molecule has 0 unspecified atom stereocenters. The Morgan fingerprint density at radius 2 is 2.03 bits per heavy atom.